The Kier molecular flexibility index (Phi) is 4.00. The Hall–Kier alpha value is -1.43. The quantitative estimate of drug-likeness (QED) is 0.706. The summed E-state index contributed by atoms with van der Waals surface area (Å²) in [5, 5.41) is 10.2. The summed E-state index contributed by atoms with van der Waals surface area (Å²) in [5.74, 6) is -0.428. The van der Waals surface area contributed by atoms with Gasteiger partial charge in [0, 0.05) is 16.3 Å². The molecule has 0 bridgehead atoms. The van der Waals surface area contributed by atoms with Crippen LogP contribution >= 0.6 is 34.3 Å². The number of aromatic nitrogens is 1. The van der Waals surface area contributed by atoms with Crippen molar-refractivity contribution in [2.24, 2.45) is 0 Å². The summed E-state index contributed by atoms with van der Waals surface area (Å²) in [6.07, 6.45) is 0. The van der Waals surface area contributed by atoms with Gasteiger partial charge in [-0.25, -0.2) is 9.37 Å². The molecule has 0 aliphatic rings. The molecule has 1 N–H and O–H groups in total. The predicted molar refractivity (Wildman–Crippen MR) is 84.2 cm³/mol. The maximum atomic E-state index is 13.7. The van der Waals surface area contributed by atoms with Crippen molar-refractivity contribution < 1.29 is 4.39 Å². The van der Waals surface area contributed by atoms with Crippen molar-refractivity contribution in [2.75, 3.05) is 5.32 Å². The van der Waals surface area contributed by atoms with E-state index in [1.54, 1.807) is 34.8 Å². The van der Waals surface area contributed by atoms with Gasteiger partial charge in [0.1, 0.15) is 5.01 Å². The molecule has 0 spiro atoms. The number of thiazole rings is 1. The molecule has 0 aliphatic heterocycles. The van der Waals surface area contributed by atoms with Crippen molar-refractivity contribution in [3.63, 3.8) is 0 Å². The third kappa shape index (κ3) is 2.85. The number of hydrogen-bond acceptors (Lipinski definition) is 4. The van der Waals surface area contributed by atoms with Gasteiger partial charge < -0.3 is 5.32 Å². The highest BCUT2D eigenvalue weighted by Crippen LogP contribution is 2.27. The van der Waals surface area contributed by atoms with E-state index in [4.69, 9.17) is 11.6 Å². The summed E-state index contributed by atoms with van der Waals surface area (Å²) in [7, 11) is 0. The molecule has 2 heterocycles. The average molecular weight is 325 g/mol. The highest BCUT2D eigenvalue weighted by molar-refractivity contribution is 7.14. The Morgan fingerprint density at radius 1 is 1.25 bits per heavy atom. The predicted octanol–water partition coefficient (Wildman–Crippen LogP) is 5.28. The number of rotatable bonds is 4. The molecular formula is C14H10ClFN2S2. The van der Waals surface area contributed by atoms with E-state index in [1.165, 1.54) is 6.07 Å². The number of hydrogen-bond donors (Lipinski definition) is 1. The van der Waals surface area contributed by atoms with E-state index < -0.39 is 5.82 Å². The van der Waals surface area contributed by atoms with Gasteiger partial charge in [-0.1, -0.05) is 17.7 Å². The molecule has 2 nitrogen and oxygen atoms in total. The lowest BCUT2D eigenvalue weighted by atomic mass is 10.3. The van der Waals surface area contributed by atoms with Crippen molar-refractivity contribution in [3.05, 3.63) is 56.9 Å². The minimum absolute atomic E-state index is 0.118. The first-order chi connectivity index (χ1) is 9.74. The van der Waals surface area contributed by atoms with Crippen LogP contribution in [0.25, 0.3) is 10.6 Å². The summed E-state index contributed by atoms with van der Waals surface area (Å²) in [4.78, 5) is 4.53. The molecule has 0 atom stereocenters. The fraction of sp³-hybridized carbons (Fsp3) is 0.0714. The van der Waals surface area contributed by atoms with Gasteiger partial charge in [0.05, 0.1) is 22.9 Å². The molecule has 2 aromatic heterocycles. The zero-order chi connectivity index (χ0) is 13.9. The van der Waals surface area contributed by atoms with Gasteiger partial charge in [0.15, 0.2) is 5.82 Å². The number of benzene rings is 1. The number of nitrogens with zero attached hydrogens (tertiary/aromatic N) is 1. The lowest BCUT2D eigenvalue weighted by molar-refractivity contribution is 0.630. The van der Waals surface area contributed by atoms with Crippen LogP contribution in [0.2, 0.25) is 5.02 Å². The molecule has 0 radical (unpaired) electrons. The largest absolute Gasteiger partial charge is 0.377 e. The molecule has 102 valence electrons. The average Bonchev–Trinajstić information content (AvgIpc) is 3.10. The first-order valence-corrected chi connectivity index (χ1v) is 8.09. The van der Waals surface area contributed by atoms with Crippen LogP contribution in [-0.4, -0.2) is 4.98 Å². The van der Waals surface area contributed by atoms with Crippen molar-refractivity contribution in [3.8, 4) is 10.6 Å². The molecule has 1 aromatic carbocycles. The van der Waals surface area contributed by atoms with Crippen LogP contribution in [0.1, 0.15) is 5.69 Å². The first kappa shape index (κ1) is 13.5. The monoisotopic (exact) mass is 324 g/mol. The van der Waals surface area contributed by atoms with Crippen LogP contribution in [0.3, 0.4) is 0 Å². The minimum atomic E-state index is -0.428. The van der Waals surface area contributed by atoms with Crippen LogP contribution in [0.5, 0.6) is 0 Å². The summed E-state index contributed by atoms with van der Waals surface area (Å²) < 4.78 is 13.7. The number of nitrogens with one attached hydrogen (secondary N) is 1. The van der Waals surface area contributed by atoms with Crippen LogP contribution in [0, 0.1) is 5.82 Å². The summed E-state index contributed by atoms with van der Waals surface area (Å²) in [6, 6.07) is 6.94. The van der Waals surface area contributed by atoms with Crippen LogP contribution in [0.15, 0.2) is 40.4 Å². The molecule has 0 aliphatic carbocycles. The summed E-state index contributed by atoms with van der Waals surface area (Å²) in [6.45, 7) is 0.470. The van der Waals surface area contributed by atoms with Gasteiger partial charge >= 0.3 is 0 Å². The molecule has 0 unspecified atom stereocenters. The molecule has 6 heteroatoms. The molecule has 0 amide bonds. The third-order valence-corrected chi connectivity index (χ3v) is 4.65. The summed E-state index contributed by atoms with van der Waals surface area (Å²) >= 11 is 8.97. The molecular weight excluding hydrogens is 315 g/mol. The second kappa shape index (κ2) is 5.91. The number of thiophene rings is 1. The fourth-order valence-corrected chi connectivity index (χ4v) is 3.44. The van der Waals surface area contributed by atoms with E-state index in [0.29, 0.717) is 12.2 Å². The van der Waals surface area contributed by atoms with Crippen LogP contribution < -0.4 is 5.32 Å². The first-order valence-electron chi connectivity index (χ1n) is 5.89. The fourth-order valence-electron chi connectivity index (χ4n) is 1.73. The van der Waals surface area contributed by atoms with E-state index in [0.717, 1.165) is 16.3 Å². The topological polar surface area (TPSA) is 24.9 Å². The Balaban J connectivity index is 1.71. The molecule has 3 aromatic rings. The Morgan fingerprint density at radius 2 is 2.15 bits per heavy atom. The van der Waals surface area contributed by atoms with Gasteiger partial charge in [-0.2, -0.15) is 11.3 Å². The maximum absolute atomic E-state index is 13.7. The highest BCUT2D eigenvalue weighted by Gasteiger charge is 2.08. The van der Waals surface area contributed by atoms with Crippen molar-refractivity contribution in [1.29, 1.82) is 0 Å². The number of halogens is 2. The number of anilines is 1. The van der Waals surface area contributed by atoms with Gasteiger partial charge in [0.25, 0.3) is 0 Å². The third-order valence-electron chi connectivity index (χ3n) is 2.73. The van der Waals surface area contributed by atoms with Gasteiger partial charge in [-0.3, -0.25) is 0 Å². The van der Waals surface area contributed by atoms with E-state index in [1.807, 2.05) is 16.8 Å². The second-order valence-electron chi connectivity index (χ2n) is 4.11. The molecule has 3 rings (SSSR count). The van der Waals surface area contributed by atoms with Crippen LogP contribution in [0.4, 0.5) is 10.1 Å². The van der Waals surface area contributed by atoms with Gasteiger partial charge in [-0.05, 0) is 23.6 Å². The molecule has 20 heavy (non-hydrogen) atoms. The second-order valence-corrected chi connectivity index (χ2v) is 6.16. The molecule has 0 fully saturated rings. The molecule has 0 saturated carbocycles. The van der Waals surface area contributed by atoms with Gasteiger partial charge in [-0.15, -0.1) is 11.3 Å². The lowest BCUT2D eigenvalue weighted by Crippen LogP contribution is -2.01. The van der Waals surface area contributed by atoms with E-state index in [9.17, 15) is 4.39 Å². The van der Waals surface area contributed by atoms with Crippen molar-refractivity contribution >= 4 is 40.0 Å². The van der Waals surface area contributed by atoms with Gasteiger partial charge in [0.2, 0.25) is 0 Å². The lowest BCUT2D eigenvalue weighted by Gasteiger charge is -2.06. The van der Waals surface area contributed by atoms with Crippen molar-refractivity contribution in [2.45, 2.75) is 6.54 Å². The zero-order valence-electron chi connectivity index (χ0n) is 10.3. The highest BCUT2D eigenvalue weighted by atomic mass is 35.5. The van der Waals surface area contributed by atoms with E-state index in [2.05, 4.69) is 15.7 Å². The normalized spacial score (nSPS) is 10.7. The molecule has 0 saturated heterocycles. The smallest absolute Gasteiger partial charge is 0.164 e. The Morgan fingerprint density at radius 3 is 2.95 bits per heavy atom. The maximum Gasteiger partial charge on any atom is 0.164 e. The van der Waals surface area contributed by atoms with E-state index >= 15 is 0 Å². The van der Waals surface area contributed by atoms with E-state index in [-0.39, 0.29) is 5.02 Å². The zero-order valence-corrected chi connectivity index (χ0v) is 12.7. The van der Waals surface area contributed by atoms with Crippen LogP contribution in [-0.2, 0) is 6.54 Å². The minimum Gasteiger partial charge on any atom is -0.377 e. The standard InChI is InChI=1S/C14H10ClFN2S2/c15-11-2-1-3-12(13(11)16)17-6-10-8-20-14(18-10)9-4-5-19-7-9/h1-5,7-8,17H,6H2. The van der Waals surface area contributed by atoms with Crippen molar-refractivity contribution in [1.82, 2.24) is 4.98 Å². The SMILES string of the molecule is Fc1c(Cl)cccc1NCc1csc(-c2ccsc2)n1. The Labute approximate surface area is 128 Å². The Bertz CT molecular complexity index is 710. The summed E-state index contributed by atoms with van der Waals surface area (Å²) in [5.41, 5.74) is 2.40.